The van der Waals surface area contributed by atoms with E-state index in [1.54, 1.807) is 20.8 Å². The van der Waals surface area contributed by atoms with Crippen molar-refractivity contribution in [3.8, 4) is 0 Å². The number of ether oxygens (including phenoxy) is 1. The molecule has 0 spiro atoms. The van der Waals surface area contributed by atoms with E-state index in [0.29, 0.717) is 12.8 Å². The van der Waals surface area contributed by atoms with Gasteiger partial charge in [0.05, 0.1) is 6.04 Å². The van der Waals surface area contributed by atoms with Gasteiger partial charge in [-0.1, -0.05) is 58.7 Å². The second-order valence-corrected chi connectivity index (χ2v) is 10.6. The summed E-state index contributed by atoms with van der Waals surface area (Å²) in [6, 6.07) is 5.02. The van der Waals surface area contributed by atoms with Gasteiger partial charge < -0.3 is 25.7 Å². The van der Waals surface area contributed by atoms with Crippen LogP contribution in [0, 0.1) is 11.8 Å². The Morgan fingerprint density at radius 1 is 0.946 bits per heavy atom. The van der Waals surface area contributed by atoms with Gasteiger partial charge in [0.1, 0.15) is 17.7 Å². The lowest BCUT2D eigenvalue weighted by molar-refractivity contribution is -0.132. The van der Waals surface area contributed by atoms with Crippen molar-refractivity contribution in [3.05, 3.63) is 36.0 Å². The lowest BCUT2D eigenvalue weighted by Crippen LogP contribution is -2.58. The first-order chi connectivity index (χ1) is 17.4. The van der Waals surface area contributed by atoms with Gasteiger partial charge in [0, 0.05) is 23.5 Å². The molecule has 3 amide bonds. The monoisotopic (exact) mass is 513 g/mol. The fourth-order valence-electron chi connectivity index (χ4n) is 3.99. The summed E-state index contributed by atoms with van der Waals surface area (Å²) < 4.78 is 5.33. The molecular formula is C28H41N4O5. The van der Waals surface area contributed by atoms with Crippen LogP contribution in [0.15, 0.2) is 30.5 Å². The third kappa shape index (κ3) is 8.61. The summed E-state index contributed by atoms with van der Waals surface area (Å²) in [5, 5.41) is 9.17. The number of fused-ring (bicyclic) bond motifs is 1. The predicted molar refractivity (Wildman–Crippen MR) is 144 cm³/mol. The number of nitrogens with one attached hydrogen (secondary N) is 4. The Balaban J connectivity index is 2.16. The number of hydrogen-bond acceptors (Lipinski definition) is 5. The van der Waals surface area contributed by atoms with Crippen LogP contribution in [-0.2, 0) is 25.5 Å². The molecule has 9 nitrogen and oxygen atoms in total. The SMILES string of the molecule is CC[C@H](C)[C@H](NC(=O)OC(C)(C)C)C(=O)N[C@H](C(=O)N[C@H]([C]=O)Cc1c[nH]c2ccccc12)[C@@H](C)CC. The van der Waals surface area contributed by atoms with Crippen molar-refractivity contribution in [2.24, 2.45) is 11.8 Å². The molecule has 0 fully saturated rings. The molecule has 0 unspecified atom stereocenters. The van der Waals surface area contributed by atoms with Crippen LogP contribution in [0.4, 0.5) is 4.79 Å². The van der Waals surface area contributed by atoms with E-state index >= 15 is 0 Å². The van der Waals surface area contributed by atoms with E-state index in [-0.39, 0.29) is 18.3 Å². The summed E-state index contributed by atoms with van der Waals surface area (Å²) in [4.78, 5) is 53.9. The van der Waals surface area contributed by atoms with E-state index in [2.05, 4.69) is 20.9 Å². The van der Waals surface area contributed by atoms with E-state index in [1.165, 1.54) is 0 Å². The summed E-state index contributed by atoms with van der Waals surface area (Å²) in [6.45, 7) is 12.7. The average molecular weight is 514 g/mol. The van der Waals surface area contributed by atoms with Gasteiger partial charge in [-0.3, -0.25) is 14.4 Å². The molecule has 0 saturated carbocycles. The third-order valence-corrected chi connectivity index (χ3v) is 6.52. The zero-order valence-electron chi connectivity index (χ0n) is 22.9. The highest BCUT2D eigenvalue weighted by Gasteiger charge is 2.33. The van der Waals surface area contributed by atoms with Crippen LogP contribution in [0.2, 0.25) is 0 Å². The first kappa shape index (κ1) is 29.9. The number of H-pyrrole nitrogens is 1. The predicted octanol–water partition coefficient (Wildman–Crippen LogP) is 3.78. The van der Waals surface area contributed by atoms with Gasteiger partial charge in [-0.05, 0) is 44.2 Å². The molecule has 9 heteroatoms. The molecule has 2 rings (SSSR count). The standard InChI is InChI=1S/C28H41N4O5/c1-8-17(3)23(31-26(35)24(18(4)9-2)32-27(36)37-28(5,6)7)25(34)30-20(16-33)14-19-15-29-22-13-11-10-12-21(19)22/h10-13,15,17-18,20,23-24,29H,8-9,14H2,1-7H3,(H,30,34)(H,31,35)(H,32,36)/t17-,18-,20-,23-,24-/m0/s1. The van der Waals surface area contributed by atoms with Crippen LogP contribution in [0.3, 0.4) is 0 Å². The maximum Gasteiger partial charge on any atom is 0.408 e. The largest absolute Gasteiger partial charge is 0.444 e. The van der Waals surface area contributed by atoms with Crippen molar-refractivity contribution in [1.82, 2.24) is 20.9 Å². The van der Waals surface area contributed by atoms with Gasteiger partial charge in [0.25, 0.3) is 0 Å². The number of alkyl carbamates (subject to hydrolysis) is 1. The molecule has 203 valence electrons. The fraction of sp³-hybridized carbons (Fsp3) is 0.571. The molecular weight excluding hydrogens is 472 g/mol. The Bertz CT molecular complexity index is 1070. The molecule has 0 aliphatic heterocycles. The van der Waals surface area contributed by atoms with E-state index in [0.717, 1.165) is 16.5 Å². The molecule has 1 aromatic carbocycles. The summed E-state index contributed by atoms with van der Waals surface area (Å²) in [7, 11) is 0. The van der Waals surface area contributed by atoms with Gasteiger partial charge in [0.15, 0.2) is 0 Å². The van der Waals surface area contributed by atoms with Crippen LogP contribution >= 0.6 is 0 Å². The molecule has 2 aromatic rings. The molecule has 5 atom stereocenters. The number of amides is 3. The van der Waals surface area contributed by atoms with Crippen LogP contribution in [-0.4, -0.2) is 52.9 Å². The normalized spacial score (nSPS) is 15.6. The Hall–Kier alpha value is -3.36. The maximum atomic E-state index is 13.3. The van der Waals surface area contributed by atoms with Crippen LogP contribution in [0.5, 0.6) is 0 Å². The Morgan fingerprint density at radius 2 is 1.51 bits per heavy atom. The molecule has 1 heterocycles. The average Bonchev–Trinajstić information content (AvgIpc) is 3.25. The minimum absolute atomic E-state index is 0.203. The molecule has 0 aliphatic carbocycles. The van der Waals surface area contributed by atoms with Crippen LogP contribution < -0.4 is 16.0 Å². The number of para-hydroxylation sites is 1. The third-order valence-electron chi connectivity index (χ3n) is 6.52. The smallest absolute Gasteiger partial charge is 0.408 e. The molecule has 1 radical (unpaired) electrons. The van der Waals surface area contributed by atoms with Crippen molar-refractivity contribution in [2.45, 2.75) is 91.5 Å². The summed E-state index contributed by atoms with van der Waals surface area (Å²) in [5.41, 5.74) is 1.10. The minimum Gasteiger partial charge on any atom is -0.444 e. The Morgan fingerprint density at radius 3 is 2.08 bits per heavy atom. The highest BCUT2D eigenvalue weighted by Crippen LogP contribution is 2.19. The quantitative estimate of drug-likeness (QED) is 0.343. The van der Waals surface area contributed by atoms with Crippen LogP contribution in [0.25, 0.3) is 10.9 Å². The van der Waals surface area contributed by atoms with E-state index < -0.39 is 41.6 Å². The number of carbonyl (C=O) groups excluding carboxylic acids is 4. The maximum absolute atomic E-state index is 13.3. The highest BCUT2D eigenvalue weighted by molar-refractivity contribution is 5.92. The second kappa shape index (κ2) is 13.3. The fourth-order valence-corrected chi connectivity index (χ4v) is 3.99. The molecule has 4 N–H and O–H groups in total. The Kier molecular flexibility index (Phi) is 10.7. The van der Waals surface area contributed by atoms with Gasteiger partial charge in [-0.2, -0.15) is 0 Å². The lowest BCUT2D eigenvalue weighted by atomic mass is 9.94. The number of hydrogen-bond donors (Lipinski definition) is 4. The van der Waals surface area contributed by atoms with E-state index in [1.807, 2.05) is 64.4 Å². The number of aromatic amines is 1. The van der Waals surface area contributed by atoms with E-state index in [4.69, 9.17) is 4.74 Å². The summed E-state index contributed by atoms with van der Waals surface area (Å²) >= 11 is 0. The van der Waals surface area contributed by atoms with Crippen LogP contribution in [0.1, 0.15) is 66.9 Å². The van der Waals surface area contributed by atoms with Gasteiger partial charge >= 0.3 is 6.09 Å². The van der Waals surface area contributed by atoms with Gasteiger partial charge in [0.2, 0.25) is 18.1 Å². The molecule has 37 heavy (non-hydrogen) atoms. The lowest BCUT2D eigenvalue weighted by Gasteiger charge is -2.30. The van der Waals surface area contributed by atoms with Crippen molar-refractivity contribution < 1.29 is 23.9 Å². The number of carbonyl (C=O) groups is 3. The molecule has 0 saturated heterocycles. The van der Waals surface area contributed by atoms with Crippen molar-refractivity contribution in [3.63, 3.8) is 0 Å². The van der Waals surface area contributed by atoms with Crippen molar-refractivity contribution in [2.75, 3.05) is 0 Å². The zero-order chi connectivity index (χ0) is 27.8. The van der Waals surface area contributed by atoms with Crippen molar-refractivity contribution >= 4 is 35.1 Å². The summed E-state index contributed by atoms with van der Waals surface area (Å²) in [6.07, 6.45) is 4.53. The number of aromatic nitrogens is 1. The Labute approximate surface area is 219 Å². The first-order valence-electron chi connectivity index (χ1n) is 12.9. The topological polar surface area (TPSA) is 129 Å². The van der Waals surface area contributed by atoms with Gasteiger partial charge in [-0.25, -0.2) is 4.79 Å². The minimum atomic E-state index is -0.900. The molecule has 0 bridgehead atoms. The van der Waals surface area contributed by atoms with E-state index in [9.17, 15) is 19.2 Å². The number of benzene rings is 1. The first-order valence-corrected chi connectivity index (χ1v) is 12.9. The highest BCUT2D eigenvalue weighted by atomic mass is 16.6. The number of rotatable bonds is 12. The second-order valence-electron chi connectivity index (χ2n) is 10.6. The molecule has 1 aromatic heterocycles. The molecule has 0 aliphatic rings. The van der Waals surface area contributed by atoms with Gasteiger partial charge in [-0.15, -0.1) is 0 Å². The zero-order valence-corrected chi connectivity index (χ0v) is 22.9. The van der Waals surface area contributed by atoms with Crippen molar-refractivity contribution in [1.29, 1.82) is 0 Å². The summed E-state index contributed by atoms with van der Waals surface area (Å²) in [5.74, 6) is -1.38.